The van der Waals surface area contributed by atoms with E-state index < -0.39 is 6.10 Å². The van der Waals surface area contributed by atoms with E-state index in [0.29, 0.717) is 19.8 Å². The average molecular weight is 348 g/mol. The lowest BCUT2D eigenvalue weighted by Crippen LogP contribution is -2.25. The summed E-state index contributed by atoms with van der Waals surface area (Å²) in [7, 11) is 1.60. The Hall–Kier alpha value is -0.660. The first-order valence-electron chi connectivity index (χ1n) is 6.45. The molecule has 0 heterocycles. The molecule has 0 bridgehead atoms. The second-order valence-corrected chi connectivity index (χ2v) is 5.36. The highest BCUT2D eigenvalue weighted by atomic mass is 79.9. The van der Waals surface area contributed by atoms with E-state index in [2.05, 4.69) is 15.9 Å². The predicted molar refractivity (Wildman–Crippen MR) is 81.0 cm³/mol. The van der Waals surface area contributed by atoms with E-state index in [1.54, 1.807) is 7.11 Å². The summed E-state index contributed by atoms with van der Waals surface area (Å²) in [5, 5.41) is 9.79. The normalized spacial score (nSPS) is 12.4. The van der Waals surface area contributed by atoms with E-state index in [9.17, 15) is 5.11 Å². The maximum atomic E-state index is 9.79. The lowest BCUT2D eigenvalue weighted by atomic mass is 10.1. The van der Waals surface area contributed by atoms with Crippen LogP contribution in [0, 0.1) is 6.92 Å². The Morgan fingerprint density at radius 3 is 2.70 bits per heavy atom. The minimum atomic E-state index is -0.680. The Labute approximate surface area is 128 Å². The van der Waals surface area contributed by atoms with Crippen LogP contribution in [0.3, 0.4) is 0 Å². The number of nitrogens with two attached hydrogens (primary N) is 1. The van der Waals surface area contributed by atoms with Crippen LogP contribution in [0.25, 0.3) is 0 Å². The topological polar surface area (TPSA) is 73.9 Å². The number of benzene rings is 1. The summed E-state index contributed by atoms with van der Waals surface area (Å²) in [5.41, 5.74) is 7.59. The molecule has 0 amide bonds. The van der Waals surface area contributed by atoms with Crippen molar-refractivity contribution < 1.29 is 19.3 Å². The first-order chi connectivity index (χ1) is 9.58. The second kappa shape index (κ2) is 9.31. The van der Waals surface area contributed by atoms with Gasteiger partial charge in [-0.3, -0.25) is 0 Å². The number of aryl methyl sites for hydroxylation is 1. The van der Waals surface area contributed by atoms with Crippen molar-refractivity contribution in [1.82, 2.24) is 0 Å². The summed E-state index contributed by atoms with van der Waals surface area (Å²) >= 11 is 3.42. The van der Waals surface area contributed by atoms with Crippen molar-refractivity contribution in [2.75, 3.05) is 33.5 Å². The summed E-state index contributed by atoms with van der Waals surface area (Å²) < 4.78 is 16.7. The second-order valence-electron chi connectivity index (χ2n) is 4.45. The highest BCUT2D eigenvalue weighted by Gasteiger charge is 2.11. The lowest BCUT2D eigenvalue weighted by molar-refractivity contribution is -0.00440. The molecule has 3 N–H and O–H groups in total. The molecule has 1 aromatic carbocycles. The zero-order valence-corrected chi connectivity index (χ0v) is 13.5. The smallest absolute Gasteiger partial charge is 0.126 e. The van der Waals surface area contributed by atoms with Crippen LogP contribution in [0.15, 0.2) is 16.6 Å². The molecule has 0 saturated carbocycles. The van der Waals surface area contributed by atoms with Crippen LogP contribution in [0.1, 0.15) is 11.1 Å². The third-order valence-electron chi connectivity index (χ3n) is 2.70. The van der Waals surface area contributed by atoms with Crippen molar-refractivity contribution in [3.05, 3.63) is 27.7 Å². The number of aliphatic hydroxyl groups excluding tert-OH is 1. The van der Waals surface area contributed by atoms with Gasteiger partial charge in [0.05, 0.1) is 19.8 Å². The number of ether oxygens (including phenoxy) is 3. The zero-order chi connectivity index (χ0) is 15.0. The largest absolute Gasteiger partial charge is 0.490 e. The van der Waals surface area contributed by atoms with E-state index in [1.165, 1.54) is 0 Å². The van der Waals surface area contributed by atoms with Gasteiger partial charge < -0.3 is 25.1 Å². The van der Waals surface area contributed by atoms with Crippen molar-refractivity contribution in [3.8, 4) is 5.75 Å². The van der Waals surface area contributed by atoms with Crippen LogP contribution in [-0.2, 0) is 16.0 Å². The lowest BCUT2D eigenvalue weighted by Gasteiger charge is -2.17. The molecule has 5 nitrogen and oxygen atoms in total. The standard InChI is InChI=1S/C14H22BrNO4/c1-10-5-12(15)6-11(7-16)14(10)20-9-13(17)8-19-4-3-18-2/h5-6,13,17H,3-4,7-9,16H2,1-2H3. The van der Waals surface area contributed by atoms with E-state index in [1.807, 2.05) is 19.1 Å². The molecule has 0 aliphatic carbocycles. The molecule has 0 spiro atoms. The van der Waals surface area contributed by atoms with Crippen LogP contribution in [0.5, 0.6) is 5.75 Å². The maximum absolute atomic E-state index is 9.79. The van der Waals surface area contributed by atoms with Gasteiger partial charge in [-0.05, 0) is 24.6 Å². The number of rotatable bonds is 9. The minimum Gasteiger partial charge on any atom is -0.490 e. The Morgan fingerprint density at radius 1 is 1.30 bits per heavy atom. The fraction of sp³-hybridized carbons (Fsp3) is 0.571. The SMILES string of the molecule is COCCOCC(O)COc1c(C)cc(Br)cc1CN. The zero-order valence-electron chi connectivity index (χ0n) is 11.9. The highest BCUT2D eigenvalue weighted by Crippen LogP contribution is 2.27. The van der Waals surface area contributed by atoms with Crippen LogP contribution in [0.2, 0.25) is 0 Å². The Bertz CT molecular complexity index is 414. The van der Waals surface area contributed by atoms with Crippen molar-refractivity contribution in [2.45, 2.75) is 19.6 Å². The van der Waals surface area contributed by atoms with Crippen molar-refractivity contribution in [2.24, 2.45) is 5.73 Å². The van der Waals surface area contributed by atoms with Gasteiger partial charge in [0, 0.05) is 23.7 Å². The van der Waals surface area contributed by atoms with Gasteiger partial charge in [-0.15, -0.1) is 0 Å². The number of halogens is 1. The van der Waals surface area contributed by atoms with Gasteiger partial charge in [0.15, 0.2) is 0 Å². The molecule has 0 radical (unpaired) electrons. The van der Waals surface area contributed by atoms with Crippen molar-refractivity contribution >= 4 is 15.9 Å². The third-order valence-corrected chi connectivity index (χ3v) is 3.16. The number of hydrogen-bond donors (Lipinski definition) is 2. The fourth-order valence-electron chi connectivity index (χ4n) is 1.75. The highest BCUT2D eigenvalue weighted by molar-refractivity contribution is 9.10. The van der Waals surface area contributed by atoms with E-state index in [0.717, 1.165) is 21.3 Å². The Balaban J connectivity index is 2.48. The van der Waals surface area contributed by atoms with Crippen LogP contribution >= 0.6 is 15.9 Å². The molecule has 0 saturated heterocycles. The van der Waals surface area contributed by atoms with Crippen LogP contribution in [-0.4, -0.2) is 44.7 Å². The fourth-order valence-corrected chi connectivity index (χ4v) is 2.37. The molecular formula is C14H22BrNO4. The first kappa shape index (κ1) is 17.4. The molecule has 0 aromatic heterocycles. The van der Waals surface area contributed by atoms with Gasteiger partial charge in [-0.1, -0.05) is 15.9 Å². The monoisotopic (exact) mass is 347 g/mol. The van der Waals surface area contributed by atoms with Crippen LogP contribution in [0.4, 0.5) is 0 Å². The molecule has 0 aliphatic rings. The van der Waals surface area contributed by atoms with Gasteiger partial charge in [0.2, 0.25) is 0 Å². The van der Waals surface area contributed by atoms with E-state index in [-0.39, 0.29) is 13.2 Å². The van der Waals surface area contributed by atoms with Gasteiger partial charge in [-0.2, -0.15) is 0 Å². The summed E-state index contributed by atoms with van der Waals surface area (Å²) in [6.07, 6.45) is -0.680. The van der Waals surface area contributed by atoms with Gasteiger partial charge in [-0.25, -0.2) is 0 Å². The molecule has 20 heavy (non-hydrogen) atoms. The van der Waals surface area contributed by atoms with E-state index in [4.69, 9.17) is 19.9 Å². The molecule has 6 heteroatoms. The first-order valence-corrected chi connectivity index (χ1v) is 7.24. The molecule has 0 aliphatic heterocycles. The predicted octanol–water partition coefficient (Wildman–Crippen LogP) is 1.62. The van der Waals surface area contributed by atoms with Gasteiger partial charge in [0.1, 0.15) is 18.5 Å². The molecule has 114 valence electrons. The summed E-state index contributed by atoms with van der Waals surface area (Å²) in [6, 6.07) is 3.87. The summed E-state index contributed by atoms with van der Waals surface area (Å²) in [4.78, 5) is 0. The average Bonchev–Trinajstić information content (AvgIpc) is 2.41. The summed E-state index contributed by atoms with van der Waals surface area (Å²) in [5.74, 6) is 0.728. The number of aliphatic hydroxyl groups is 1. The Morgan fingerprint density at radius 2 is 2.05 bits per heavy atom. The number of hydrogen-bond acceptors (Lipinski definition) is 5. The van der Waals surface area contributed by atoms with Crippen LogP contribution < -0.4 is 10.5 Å². The molecule has 1 atom stereocenters. The molecular weight excluding hydrogens is 326 g/mol. The maximum Gasteiger partial charge on any atom is 0.126 e. The molecule has 1 unspecified atom stereocenters. The quantitative estimate of drug-likeness (QED) is 0.664. The molecule has 1 rings (SSSR count). The molecule has 1 aromatic rings. The summed E-state index contributed by atoms with van der Waals surface area (Å²) in [6.45, 7) is 3.69. The Kier molecular flexibility index (Phi) is 8.09. The van der Waals surface area contributed by atoms with E-state index >= 15 is 0 Å². The minimum absolute atomic E-state index is 0.169. The molecule has 0 fully saturated rings. The number of methoxy groups -OCH3 is 1. The van der Waals surface area contributed by atoms with Gasteiger partial charge >= 0.3 is 0 Å². The van der Waals surface area contributed by atoms with Crippen molar-refractivity contribution in [3.63, 3.8) is 0 Å². The van der Waals surface area contributed by atoms with Gasteiger partial charge in [0.25, 0.3) is 0 Å². The third kappa shape index (κ3) is 5.76. The van der Waals surface area contributed by atoms with Crippen molar-refractivity contribution in [1.29, 1.82) is 0 Å².